The molecule has 0 bridgehead atoms. The summed E-state index contributed by atoms with van der Waals surface area (Å²) in [6.45, 7) is 0.383. The van der Waals surface area contributed by atoms with Crippen LogP contribution in [0.25, 0.3) is 0 Å². The number of nitrogens with zero attached hydrogens (tertiary/aromatic N) is 1. The Morgan fingerprint density at radius 1 is 1.19 bits per heavy atom. The number of carbonyl (C=O) groups excluding carboxylic acids is 1. The molecule has 1 aliphatic rings. The van der Waals surface area contributed by atoms with Crippen LogP contribution in [0.3, 0.4) is 0 Å². The van der Waals surface area contributed by atoms with E-state index in [1.807, 2.05) is 0 Å². The molecule has 0 aromatic heterocycles. The van der Waals surface area contributed by atoms with Gasteiger partial charge in [0, 0.05) is 31.8 Å². The van der Waals surface area contributed by atoms with Gasteiger partial charge in [0.2, 0.25) is 5.91 Å². The van der Waals surface area contributed by atoms with Crippen LogP contribution in [0.4, 0.5) is 20.2 Å². The van der Waals surface area contributed by atoms with E-state index < -0.39 is 11.6 Å². The fourth-order valence-electron chi connectivity index (χ4n) is 3.26. The van der Waals surface area contributed by atoms with E-state index in [0.29, 0.717) is 47.1 Å². The second-order valence-electron chi connectivity index (χ2n) is 6.39. The standard InChI is InChI=1S/C19H18Cl2F2N2O/c1-24-14-8-15(20)19(16(21)9-14)25-10-11(2-5-18(25)26)6-12-3-4-13(22)7-17(12)23/h3-4,7-9,11,24H,2,5-6,10H2,1H3. The summed E-state index contributed by atoms with van der Waals surface area (Å²) in [4.78, 5) is 14.0. The predicted octanol–water partition coefficient (Wildman–Crippen LogP) is 5.30. The summed E-state index contributed by atoms with van der Waals surface area (Å²) in [6.07, 6.45) is 1.38. The Labute approximate surface area is 160 Å². The van der Waals surface area contributed by atoms with E-state index in [1.54, 1.807) is 24.1 Å². The van der Waals surface area contributed by atoms with Crippen LogP contribution in [0.5, 0.6) is 0 Å². The lowest BCUT2D eigenvalue weighted by Gasteiger charge is -2.34. The van der Waals surface area contributed by atoms with Crippen LogP contribution in [0.1, 0.15) is 18.4 Å². The van der Waals surface area contributed by atoms with Gasteiger partial charge in [-0.3, -0.25) is 4.79 Å². The van der Waals surface area contributed by atoms with E-state index in [-0.39, 0.29) is 11.8 Å². The van der Waals surface area contributed by atoms with Crippen molar-refractivity contribution in [2.24, 2.45) is 5.92 Å². The molecule has 0 spiro atoms. The number of anilines is 2. The van der Waals surface area contributed by atoms with E-state index in [9.17, 15) is 13.6 Å². The average molecular weight is 399 g/mol. The van der Waals surface area contributed by atoms with Crippen LogP contribution < -0.4 is 10.2 Å². The number of rotatable bonds is 4. The molecule has 0 aliphatic carbocycles. The van der Waals surface area contributed by atoms with Gasteiger partial charge in [-0.15, -0.1) is 0 Å². The third-order valence-electron chi connectivity index (χ3n) is 4.61. The molecule has 0 saturated carbocycles. The quantitative estimate of drug-likeness (QED) is 0.757. The van der Waals surface area contributed by atoms with Crippen LogP contribution in [0.2, 0.25) is 10.0 Å². The van der Waals surface area contributed by atoms with Gasteiger partial charge in [0.25, 0.3) is 0 Å². The minimum atomic E-state index is -0.602. The highest BCUT2D eigenvalue weighted by Gasteiger charge is 2.30. The molecule has 138 valence electrons. The number of piperidine rings is 1. The highest BCUT2D eigenvalue weighted by atomic mass is 35.5. The number of hydrogen-bond acceptors (Lipinski definition) is 2. The maximum absolute atomic E-state index is 13.9. The minimum absolute atomic E-state index is 0.0313. The minimum Gasteiger partial charge on any atom is -0.388 e. The molecule has 1 atom stereocenters. The summed E-state index contributed by atoms with van der Waals surface area (Å²) in [6, 6.07) is 6.99. The first-order chi connectivity index (χ1) is 12.4. The van der Waals surface area contributed by atoms with Gasteiger partial charge < -0.3 is 10.2 Å². The molecule has 2 aromatic carbocycles. The second kappa shape index (κ2) is 7.80. The monoisotopic (exact) mass is 398 g/mol. The highest BCUT2D eigenvalue weighted by molar-refractivity contribution is 6.40. The van der Waals surface area contributed by atoms with Crippen LogP contribution >= 0.6 is 23.2 Å². The van der Waals surface area contributed by atoms with E-state index in [1.165, 1.54) is 12.1 Å². The van der Waals surface area contributed by atoms with Crippen molar-refractivity contribution in [2.75, 3.05) is 23.8 Å². The fraction of sp³-hybridized carbons (Fsp3) is 0.316. The van der Waals surface area contributed by atoms with Gasteiger partial charge in [0.1, 0.15) is 11.6 Å². The van der Waals surface area contributed by atoms with Crippen LogP contribution in [0.15, 0.2) is 30.3 Å². The molecule has 1 amide bonds. The zero-order valence-electron chi connectivity index (χ0n) is 14.2. The van der Waals surface area contributed by atoms with Gasteiger partial charge in [-0.05, 0) is 42.5 Å². The Morgan fingerprint density at radius 2 is 1.88 bits per heavy atom. The van der Waals surface area contributed by atoms with Crippen molar-refractivity contribution in [3.05, 3.63) is 57.6 Å². The SMILES string of the molecule is CNc1cc(Cl)c(N2CC(Cc3ccc(F)cc3F)CCC2=O)c(Cl)c1. The number of amides is 1. The largest absolute Gasteiger partial charge is 0.388 e. The first-order valence-corrected chi connectivity index (χ1v) is 9.05. The summed E-state index contributed by atoms with van der Waals surface area (Å²) >= 11 is 12.7. The molecule has 1 fully saturated rings. The highest BCUT2D eigenvalue weighted by Crippen LogP contribution is 2.39. The van der Waals surface area contributed by atoms with Crippen molar-refractivity contribution in [1.29, 1.82) is 0 Å². The van der Waals surface area contributed by atoms with Crippen molar-refractivity contribution < 1.29 is 13.6 Å². The van der Waals surface area contributed by atoms with Crippen molar-refractivity contribution >= 4 is 40.5 Å². The molecule has 3 rings (SSSR count). The molecule has 1 unspecified atom stereocenters. The molecule has 26 heavy (non-hydrogen) atoms. The van der Waals surface area contributed by atoms with Crippen LogP contribution in [-0.2, 0) is 11.2 Å². The first-order valence-electron chi connectivity index (χ1n) is 8.30. The number of carbonyl (C=O) groups is 1. The van der Waals surface area contributed by atoms with E-state index in [2.05, 4.69) is 5.32 Å². The van der Waals surface area contributed by atoms with Gasteiger partial charge in [-0.1, -0.05) is 29.3 Å². The molecule has 1 heterocycles. The lowest BCUT2D eigenvalue weighted by Crippen LogP contribution is -2.41. The molecule has 1 saturated heterocycles. The molecule has 0 radical (unpaired) electrons. The predicted molar refractivity (Wildman–Crippen MR) is 101 cm³/mol. The zero-order chi connectivity index (χ0) is 18.8. The Morgan fingerprint density at radius 3 is 2.50 bits per heavy atom. The second-order valence-corrected chi connectivity index (χ2v) is 7.20. The molecule has 2 aromatic rings. The van der Waals surface area contributed by atoms with Crippen molar-refractivity contribution in [3.8, 4) is 0 Å². The van der Waals surface area contributed by atoms with Crippen LogP contribution in [0, 0.1) is 17.6 Å². The maximum atomic E-state index is 13.9. The Kier molecular flexibility index (Phi) is 5.68. The molecule has 3 nitrogen and oxygen atoms in total. The summed E-state index contributed by atoms with van der Waals surface area (Å²) in [7, 11) is 1.75. The number of halogens is 4. The van der Waals surface area contributed by atoms with Crippen molar-refractivity contribution in [3.63, 3.8) is 0 Å². The van der Waals surface area contributed by atoms with E-state index >= 15 is 0 Å². The maximum Gasteiger partial charge on any atom is 0.227 e. The van der Waals surface area contributed by atoms with Gasteiger partial charge in [0.15, 0.2) is 0 Å². The zero-order valence-corrected chi connectivity index (χ0v) is 15.7. The van der Waals surface area contributed by atoms with Gasteiger partial charge in [0.05, 0.1) is 15.7 Å². The van der Waals surface area contributed by atoms with Gasteiger partial charge in [-0.2, -0.15) is 0 Å². The van der Waals surface area contributed by atoms with E-state index in [4.69, 9.17) is 23.2 Å². The third kappa shape index (κ3) is 3.94. The lowest BCUT2D eigenvalue weighted by molar-refractivity contribution is -0.120. The third-order valence-corrected chi connectivity index (χ3v) is 5.18. The summed E-state index contributed by atoms with van der Waals surface area (Å²) in [5.41, 5.74) is 1.66. The fourth-order valence-corrected chi connectivity index (χ4v) is 3.95. The molecular weight excluding hydrogens is 381 g/mol. The average Bonchev–Trinajstić information content (AvgIpc) is 2.59. The summed E-state index contributed by atoms with van der Waals surface area (Å²) in [5.74, 6) is -1.21. The Bertz CT molecular complexity index is 821. The topological polar surface area (TPSA) is 32.3 Å². The number of benzene rings is 2. The smallest absolute Gasteiger partial charge is 0.227 e. The molecule has 1 aliphatic heterocycles. The Balaban J connectivity index is 1.84. The van der Waals surface area contributed by atoms with Crippen molar-refractivity contribution in [2.45, 2.75) is 19.3 Å². The van der Waals surface area contributed by atoms with Gasteiger partial charge >= 0.3 is 0 Å². The van der Waals surface area contributed by atoms with E-state index in [0.717, 1.165) is 11.8 Å². The lowest BCUT2D eigenvalue weighted by atomic mass is 9.90. The number of nitrogens with one attached hydrogen (secondary N) is 1. The van der Waals surface area contributed by atoms with Crippen molar-refractivity contribution in [1.82, 2.24) is 0 Å². The van der Waals surface area contributed by atoms with Gasteiger partial charge in [-0.25, -0.2) is 8.78 Å². The summed E-state index contributed by atoms with van der Waals surface area (Å²) < 4.78 is 27.0. The molecule has 1 N–H and O–H groups in total. The normalized spacial score (nSPS) is 17.5. The first kappa shape index (κ1) is 18.9. The summed E-state index contributed by atoms with van der Waals surface area (Å²) in [5, 5.41) is 3.71. The van der Waals surface area contributed by atoms with Crippen LogP contribution in [-0.4, -0.2) is 19.5 Å². The number of hydrogen-bond donors (Lipinski definition) is 1. The molecular formula is C19H18Cl2F2N2O. The Hall–Kier alpha value is -1.85. The molecule has 7 heteroatoms.